The maximum absolute atomic E-state index is 12.2. The van der Waals surface area contributed by atoms with E-state index in [2.05, 4.69) is 50.8 Å². The number of fused-ring (bicyclic) bond motifs is 1. The number of aryl methyl sites for hydroxylation is 1. The number of carbonyl (C=O) groups excluding carboxylic acids is 1. The number of hydrogen-bond acceptors (Lipinski definition) is 3. The standard InChI is InChI=1S/C22H27NO2/c1-16-10-11-19-17(2)15-22(3,4)23(20(19)14-16)12-13-25-21(24)18-8-6-5-7-9-18/h5-11,14,17H,12-13,15H2,1-4H3. The first-order valence-electron chi connectivity index (χ1n) is 8.99. The van der Waals surface area contributed by atoms with Gasteiger partial charge >= 0.3 is 5.97 Å². The Labute approximate surface area is 150 Å². The lowest BCUT2D eigenvalue weighted by molar-refractivity contribution is 0.0509. The molecule has 1 heterocycles. The first kappa shape index (κ1) is 17.5. The van der Waals surface area contributed by atoms with Gasteiger partial charge in [-0.25, -0.2) is 4.79 Å². The predicted octanol–water partition coefficient (Wildman–Crippen LogP) is 4.94. The number of hydrogen-bond donors (Lipinski definition) is 0. The number of esters is 1. The fraction of sp³-hybridized carbons (Fsp3) is 0.409. The van der Waals surface area contributed by atoms with Crippen LogP contribution in [0.3, 0.4) is 0 Å². The van der Waals surface area contributed by atoms with E-state index >= 15 is 0 Å². The monoisotopic (exact) mass is 337 g/mol. The summed E-state index contributed by atoms with van der Waals surface area (Å²) in [6, 6.07) is 15.9. The molecule has 0 spiro atoms. The van der Waals surface area contributed by atoms with Crippen molar-refractivity contribution in [1.82, 2.24) is 0 Å². The Balaban J connectivity index is 1.74. The van der Waals surface area contributed by atoms with Crippen molar-refractivity contribution in [3.63, 3.8) is 0 Å². The third-order valence-electron chi connectivity index (χ3n) is 5.10. The van der Waals surface area contributed by atoms with Crippen LogP contribution in [0, 0.1) is 6.92 Å². The highest BCUT2D eigenvalue weighted by molar-refractivity contribution is 5.89. The molecule has 132 valence electrons. The molecule has 3 heteroatoms. The molecule has 3 rings (SSSR count). The zero-order valence-corrected chi connectivity index (χ0v) is 15.6. The molecule has 0 saturated heterocycles. The van der Waals surface area contributed by atoms with Crippen molar-refractivity contribution in [3.8, 4) is 0 Å². The first-order valence-corrected chi connectivity index (χ1v) is 8.99. The highest BCUT2D eigenvalue weighted by Gasteiger charge is 2.36. The lowest BCUT2D eigenvalue weighted by Gasteiger charge is -2.47. The summed E-state index contributed by atoms with van der Waals surface area (Å²) in [5.74, 6) is 0.280. The minimum absolute atomic E-state index is 0.0410. The van der Waals surface area contributed by atoms with Gasteiger partial charge in [-0.15, -0.1) is 0 Å². The Kier molecular flexibility index (Phi) is 4.85. The van der Waals surface area contributed by atoms with Gasteiger partial charge in [-0.2, -0.15) is 0 Å². The molecule has 3 nitrogen and oxygen atoms in total. The Morgan fingerprint density at radius 1 is 1.20 bits per heavy atom. The molecule has 1 atom stereocenters. The van der Waals surface area contributed by atoms with Gasteiger partial charge in [-0.1, -0.05) is 37.3 Å². The normalized spacial score (nSPS) is 18.6. The zero-order valence-electron chi connectivity index (χ0n) is 15.6. The minimum Gasteiger partial charge on any atom is -0.460 e. The summed E-state index contributed by atoms with van der Waals surface area (Å²) in [4.78, 5) is 14.6. The van der Waals surface area contributed by atoms with Crippen LogP contribution >= 0.6 is 0 Å². The topological polar surface area (TPSA) is 29.5 Å². The van der Waals surface area contributed by atoms with Crippen LogP contribution in [0.1, 0.15) is 54.6 Å². The smallest absolute Gasteiger partial charge is 0.338 e. The molecule has 0 aliphatic carbocycles. The second-order valence-corrected chi connectivity index (χ2v) is 7.63. The number of anilines is 1. The van der Waals surface area contributed by atoms with Crippen molar-refractivity contribution in [3.05, 3.63) is 65.2 Å². The molecule has 0 fully saturated rings. The van der Waals surface area contributed by atoms with Gasteiger partial charge in [0, 0.05) is 11.2 Å². The van der Waals surface area contributed by atoms with E-state index in [1.54, 1.807) is 12.1 Å². The number of nitrogens with zero attached hydrogens (tertiary/aromatic N) is 1. The maximum Gasteiger partial charge on any atom is 0.338 e. The lowest BCUT2D eigenvalue weighted by Crippen LogP contribution is -2.49. The fourth-order valence-electron chi connectivity index (χ4n) is 3.91. The highest BCUT2D eigenvalue weighted by atomic mass is 16.5. The number of carbonyl (C=O) groups is 1. The summed E-state index contributed by atoms with van der Waals surface area (Å²) in [5.41, 5.74) is 4.57. The first-order chi connectivity index (χ1) is 11.9. The Hall–Kier alpha value is -2.29. The summed E-state index contributed by atoms with van der Waals surface area (Å²) in [7, 11) is 0. The largest absolute Gasteiger partial charge is 0.460 e. The summed E-state index contributed by atoms with van der Waals surface area (Å²) in [6.45, 7) is 10.1. The summed E-state index contributed by atoms with van der Waals surface area (Å²) in [6.07, 6.45) is 1.09. The third-order valence-corrected chi connectivity index (χ3v) is 5.10. The van der Waals surface area contributed by atoms with Gasteiger partial charge in [0.25, 0.3) is 0 Å². The third kappa shape index (κ3) is 3.71. The van der Waals surface area contributed by atoms with Crippen molar-refractivity contribution >= 4 is 11.7 Å². The molecule has 2 aromatic carbocycles. The van der Waals surface area contributed by atoms with Gasteiger partial charge in [-0.05, 0) is 62.4 Å². The van der Waals surface area contributed by atoms with Crippen LogP contribution in [-0.4, -0.2) is 24.7 Å². The van der Waals surface area contributed by atoms with Crippen molar-refractivity contribution in [2.45, 2.75) is 45.6 Å². The molecule has 0 N–H and O–H groups in total. The van der Waals surface area contributed by atoms with Crippen LogP contribution in [0.25, 0.3) is 0 Å². The molecular weight excluding hydrogens is 310 g/mol. The molecule has 1 aliphatic rings. The Bertz CT molecular complexity index is 752. The SMILES string of the molecule is Cc1ccc2c(c1)N(CCOC(=O)c1ccccc1)C(C)(C)CC2C. The van der Waals surface area contributed by atoms with Crippen LogP contribution in [0.2, 0.25) is 0 Å². The number of rotatable bonds is 4. The van der Waals surface area contributed by atoms with Crippen LogP contribution in [-0.2, 0) is 4.74 Å². The highest BCUT2D eigenvalue weighted by Crippen LogP contribution is 2.43. The van der Waals surface area contributed by atoms with Gasteiger partial charge in [0.2, 0.25) is 0 Å². The molecule has 1 unspecified atom stereocenters. The van der Waals surface area contributed by atoms with E-state index in [1.165, 1.54) is 16.8 Å². The van der Waals surface area contributed by atoms with Crippen LogP contribution in [0.4, 0.5) is 5.69 Å². The van der Waals surface area contributed by atoms with E-state index in [-0.39, 0.29) is 11.5 Å². The van der Waals surface area contributed by atoms with Crippen LogP contribution < -0.4 is 4.90 Å². The summed E-state index contributed by atoms with van der Waals surface area (Å²) >= 11 is 0. The molecule has 0 saturated carbocycles. The lowest BCUT2D eigenvalue weighted by atomic mass is 9.80. The van der Waals surface area contributed by atoms with Crippen molar-refractivity contribution in [2.24, 2.45) is 0 Å². The molecule has 2 aromatic rings. The van der Waals surface area contributed by atoms with Gasteiger partial charge in [0.1, 0.15) is 6.61 Å². The summed E-state index contributed by atoms with van der Waals surface area (Å²) < 4.78 is 5.52. The molecule has 25 heavy (non-hydrogen) atoms. The molecular formula is C22H27NO2. The van der Waals surface area contributed by atoms with Crippen LogP contribution in [0.15, 0.2) is 48.5 Å². The van der Waals surface area contributed by atoms with E-state index in [9.17, 15) is 4.79 Å². The van der Waals surface area contributed by atoms with Gasteiger partial charge in [0.15, 0.2) is 0 Å². The number of ether oxygens (including phenoxy) is 1. The van der Waals surface area contributed by atoms with Crippen LogP contribution in [0.5, 0.6) is 0 Å². The molecule has 1 aliphatic heterocycles. The minimum atomic E-state index is -0.256. The Morgan fingerprint density at radius 3 is 2.64 bits per heavy atom. The molecule has 0 bridgehead atoms. The van der Waals surface area contributed by atoms with E-state index in [0.29, 0.717) is 24.6 Å². The van der Waals surface area contributed by atoms with Gasteiger partial charge in [0.05, 0.1) is 12.1 Å². The second-order valence-electron chi connectivity index (χ2n) is 7.63. The van der Waals surface area contributed by atoms with Crippen molar-refractivity contribution < 1.29 is 9.53 Å². The Morgan fingerprint density at radius 2 is 1.92 bits per heavy atom. The molecule has 0 aromatic heterocycles. The van der Waals surface area contributed by atoms with Crippen molar-refractivity contribution in [2.75, 3.05) is 18.1 Å². The molecule has 0 amide bonds. The van der Waals surface area contributed by atoms with E-state index in [1.807, 2.05) is 18.2 Å². The second kappa shape index (κ2) is 6.91. The fourth-order valence-corrected chi connectivity index (χ4v) is 3.91. The maximum atomic E-state index is 12.2. The molecule has 0 radical (unpaired) electrons. The van der Waals surface area contributed by atoms with E-state index < -0.39 is 0 Å². The van der Waals surface area contributed by atoms with E-state index in [4.69, 9.17) is 4.74 Å². The average molecular weight is 337 g/mol. The van der Waals surface area contributed by atoms with Gasteiger partial charge < -0.3 is 9.64 Å². The predicted molar refractivity (Wildman–Crippen MR) is 102 cm³/mol. The van der Waals surface area contributed by atoms with Crippen molar-refractivity contribution in [1.29, 1.82) is 0 Å². The summed E-state index contributed by atoms with van der Waals surface area (Å²) in [5, 5.41) is 0. The zero-order chi connectivity index (χ0) is 18.0. The van der Waals surface area contributed by atoms with Gasteiger partial charge in [-0.3, -0.25) is 0 Å². The van der Waals surface area contributed by atoms with E-state index in [0.717, 1.165) is 6.42 Å². The number of benzene rings is 2. The average Bonchev–Trinajstić information content (AvgIpc) is 2.57. The quantitative estimate of drug-likeness (QED) is 0.740.